The number of nitrogens with zero attached hydrogens (tertiary/aromatic N) is 1. The van der Waals surface area contributed by atoms with E-state index < -0.39 is 0 Å². The second-order valence-electron chi connectivity index (χ2n) is 5.69. The molecule has 0 bridgehead atoms. The summed E-state index contributed by atoms with van der Waals surface area (Å²) in [4.78, 5) is 28.0. The minimum absolute atomic E-state index is 0.0584. The zero-order chi connectivity index (χ0) is 18.5. The first-order valence-electron chi connectivity index (χ1n) is 7.91. The molecule has 2 aromatic carbocycles. The topological polar surface area (TPSA) is 71.1 Å². The third-order valence-corrected chi connectivity index (χ3v) is 3.91. The highest BCUT2D eigenvalue weighted by molar-refractivity contribution is 6.30. The van der Waals surface area contributed by atoms with E-state index in [-0.39, 0.29) is 11.7 Å². The number of benzene rings is 2. The van der Waals surface area contributed by atoms with E-state index in [0.717, 1.165) is 5.69 Å². The highest BCUT2D eigenvalue weighted by Gasteiger charge is 2.09. The molecule has 0 aliphatic heterocycles. The van der Waals surface area contributed by atoms with E-state index in [0.29, 0.717) is 27.5 Å². The van der Waals surface area contributed by atoms with Gasteiger partial charge in [-0.1, -0.05) is 23.7 Å². The minimum atomic E-state index is -0.307. The van der Waals surface area contributed by atoms with Crippen LogP contribution < -0.4 is 10.6 Å². The quantitative estimate of drug-likeness (QED) is 0.628. The zero-order valence-electron chi connectivity index (χ0n) is 14.0. The summed E-state index contributed by atoms with van der Waals surface area (Å²) in [5.74, 6) is -0.366. The number of nitrogens with one attached hydrogen (secondary N) is 2. The number of hydrogen-bond donors (Lipinski definition) is 2. The molecule has 0 aliphatic rings. The molecule has 0 radical (unpaired) electrons. The van der Waals surface area contributed by atoms with Gasteiger partial charge in [0.05, 0.1) is 17.4 Å². The third-order valence-electron chi connectivity index (χ3n) is 3.66. The zero-order valence-corrected chi connectivity index (χ0v) is 14.7. The smallest absolute Gasteiger partial charge is 0.257 e. The molecule has 0 spiro atoms. The van der Waals surface area contributed by atoms with Crippen molar-refractivity contribution in [3.05, 3.63) is 83.1 Å². The molecule has 0 saturated heterocycles. The van der Waals surface area contributed by atoms with Crippen LogP contribution in [0.2, 0.25) is 5.02 Å². The number of hydrogen-bond acceptors (Lipinski definition) is 4. The summed E-state index contributed by atoms with van der Waals surface area (Å²) in [7, 11) is 0. The summed E-state index contributed by atoms with van der Waals surface area (Å²) >= 11 is 5.87. The average Bonchev–Trinajstić information content (AvgIpc) is 2.64. The van der Waals surface area contributed by atoms with Crippen LogP contribution >= 0.6 is 11.6 Å². The van der Waals surface area contributed by atoms with Gasteiger partial charge in [0.2, 0.25) is 0 Å². The van der Waals surface area contributed by atoms with Crippen LogP contribution in [0.25, 0.3) is 0 Å². The van der Waals surface area contributed by atoms with Crippen LogP contribution in [0.15, 0.2) is 67.0 Å². The highest BCUT2D eigenvalue weighted by Crippen LogP contribution is 2.20. The van der Waals surface area contributed by atoms with E-state index in [4.69, 9.17) is 11.6 Å². The second kappa shape index (κ2) is 7.80. The predicted molar refractivity (Wildman–Crippen MR) is 103 cm³/mol. The molecule has 3 aromatic rings. The molecule has 130 valence electrons. The average molecular weight is 366 g/mol. The van der Waals surface area contributed by atoms with E-state index in [1.807, 2.05) is 12.1 Å². The Morgan fingerprint density at radius 3 is 2.35 bits per heavy atom. The fourth-order valence-electron chi connectivity index (χ4n) is 2.35. The van der Waals surface area contributed by atoms with Crippen molar-refractivity contribution >= 4 is 40.4 Å². The summed E-state index contributed by atoms with van der Waals surface area (Å²) in [6, 6.07) is 15.7. The van der Waals surface area contributed by atoms with E-state index in [1.165, 1.54) is 13.1 Å². The number of halogens is 1. The predicted octanol–water partition coefficient (Wildman–Crippen LogP) is 4.93. The van der Waals surface area contributed by atoms with Crippen LogP contribution in [-0.4, -0.2) is 16.7 Å². The van der Waals surface area contributed by atoms with Gasteiger partial charge >= 0.3 is 0 Å². The molecule has 0 unspecified atom stereocenters. The van der Waals surface area contributed by atoms with Crippen LogP contribution in [0.5, 0.6) is 0 Å². The Bertz CT molecular complexity index is 955. The van der Waals surface area contributed by atoms with Gasteiger partial charge < -0.3 is 10.6 Å². The number of carbonyl (C=O) groups excluding carboxylic acids is 2. The Hall–Kier alpha value is -3.18. The van der Waals surface area contributed by atoms with E-state index in [1.54, 1.807) is 48.7 Å². The van der Waals surface area contributed by atoms with Gasteiger partial charge in [-0.2, -0.15) is 0 Å². The van der Waals surface area contributed by atoms with Crippen molar-refractivity contribution in [3.63, 3.8) is 0 Å². The van der Waals surface area contributed by atoms with E-state index in [2.05, 4.69) is 15.6 Å². The number of amides is 1. The van der Waals surface area contributed by atoms with Crippen molar-refractivity contribution in [2.45, 2.75) is 6.92 Å². The molecule has 26 heavy (non-hydrogen) atoms. The summed E-state index contributed by atoms with van der Waals surface area (Å²) in [5, 5.41) is 6.59. The number of Topliss-reactive ketones (excluding diaryl/α,β-unsaturated/α-hetero) is 1. The summed E-state index contributed by atoms with van der Waals surface area (Å²) in [6.07, 6.45) is 3.11. The molecular weight excluding hydrogens is 350 g/mol. The Morgan fingerprint density at radius 2 is 1.62 bits per heavy atom. The molecule has 2 N–H and O–H groups in total. The molecule has 1 amide bonds. The second-order valence-corrected chi connectivity index (χ2v) is 6.12. The van der Waals surface area contributed by atoms with E-state index in [9.17, 15) is 9.59 Å². The molecule has 1 heterocycles. The third kappa shape index (κ3) is 4.46. The normalized spacial score (nSPS) is 10.2. The fourth-order valence-corrected chi connectivity index (χ4v) is 2.48. The van der Waals surface area contributed by atoms with Crippen molar-refractivity contribution in [1.29, 1.82) is 0 Å². The molecule has 1 aromatic heterocycles. The molecule has 0 atom stereocenters. The van der Waals surface area contributed by atoms with Crippen LogP contribution in [0.1, 0.15) is 27.6 Å². The van der Waals surface area contributed by atoms with Gasteiger partial charge in [-0.05, 0) is 49.4 Å². The van der Waals surface area contributed by atoms with Gasteiger partial charge in [-0.15, -0.1) is 0 Å². The largest absolute Gasteiger partial charge is 0.354 e. The molecule has 0 saturated carbocycles. The Morgan fingerprint density at radius 1 is 0.885 bits per heavy atom. The van der Waals surface area contributed by atoms with Gasteiger partial charge in [0.25, 0.3) is 5.91 Å². The Kier molecular flexibility index (Phi) is 5.29. The van der Waals surface area contributed by atoms with Crippen molar-refractivity contribution in [1.82, 2.24) is 4.98 Å². The van der Waals surface area contributed by atoms with Crippen molar-refractivity contribution < 1.29 is 9.59 Å². The lowest BCUT2D eigenvalue weighted by molar-refractivity contribution is 0.101. The first-order chi connectivity index (χ1) is 12.5. The van der Waals surface area contributed by atoms with Crippen molar-refractivity contribution in [2.24, 2.45) is 0 Å². The first-order valence-corrected chi connectivity index (χ1v) is 8.29. The lowest BCUT2D eigenvalue weighted by Gasteiger charge is -2.09. The lowest BCUT2D eigenvalue weighted by atomic mass is 10.1. The van der Waals surface area contributed by atoms with Gasteiger partial charge in [-0.25, -0.2) is 0 Å². The molecule has 0 aliphatic carbocycles. The van der Waals surface area contributed by atoms with Crippen LogP contribution in [0.3, 0.4) is 0 Å². The lowest BCUT2D eigenvalue weighted by Crippen LogP contribution is -2.13. The van der Waals surface area contributed by atoms with Gasteiger partial charge in [0.15, 0.2) is 5.78 Å². The van der Waals surface area contributed by atoms with Gasteiger partial charge in [0, 0.05) is 28.2 Å². The number of carbonyl (C=O) groups is 2. The molecule has 3 rings (SSSR count). The van der Waals surface area contributed by atoms with Crippen LogP contribution in [0.4, 0.5) is 17.1 Å². The maximum atomic E-state index is 12.5. The van der Waals surface area contributed by atoms with Crippen LogP contribution in [-0.2, 0) is 0 Å². The molecule has 6 heteroatoms. The molecular formula is C20H16ClN3O2. The van der Waals surface area contributed by atoms with Crippen molar-refractivity contribution in [2.75, 3.05) is 10.6 Å². The highest BCUT2D eigenvalue weighted by atomic mass is 35.5. The minimum Gasteiger partial charge on any atom is -0.354 e. The Labute approximate surface area is 156 Å². The number of anilines is 3. The maximum absolute atomic E-state index is 12.5. The summed E-state index contributed by atoms with van der Waals surface area (Å²) in [5.41, 5.74) is 3.01. The number of ketones is 1. The standard InChI is InChI=1S/C20H16ClN3O2/c1-13(25)14-3-2-4-18(9-14)24-20(26)15-10-19(12-22-11-15)23-17-7-5-16(21)6-8-17/h2-12,23H,1H3,(H,24,26). The number of rotatable bonds is 5. The monoisotopic (exact) mass is 365 g/mol. The summed E-state index contributed by atoms with van der Waals surface area (Å²) < 4.78 is 0. The van der Waals surface area contributed by atoms with Crippen LogP contribution in [0, 0.1) is 0 Å². The SMILES string of the molecule is CC(=O)c1cccc(NC(=O)c2cncc(Nc3ccc(Cl)cc3)c2)c1. The Balaban J connectivity index is 1.74. The molecule has 5 nitrogen and oxygen atoms in total. The van der Waals surface area contributed by atoms with Gasteiger partial charge in [0.1, 0.15) is 0 Å². The summed E-state index contributed by atoms with van der Waals surface area (Å²) in [6.45, 7) is 1.48. The fraction of sp³-hybridized carbons (Fsp3) is 0.0500. The van der Waals surface area contributed by atoms with Gasteiger partial charge in [-0.3, -0.25) is 14.6 Å². The number of aromatic nitrogens is 1. The molecule has 0 fully saturated rings. The first kappa shape index (κ1) is 17.6. The maximum Gasteiger partial charge on any atom is 0.257 e. The van der Waals surface area contributed by atoms with E-state index >= 15 is 0 Å². The van der Waals surface area contributed by atoms with Crippen molar-refractivity contribution in [3.8, 4) is 0 Å². The number of pyridine rings is 1.